The van der Waals surface area contributed by atoms with Gasteiger partial charge in [-0.25, -0.2) is 0 Å². The average molecular weight is 293 g/mol. The summed E-state index contributed by atoms with van der Waals surface area (Å²) in [7, 11) is 0. The molecule has 0 saturated carbocycles. The lowest BCUT2D eigenvalue weighted by Gasteiger charge is -2.31. The summed E-state index contributed by atoms with van der Waals surface area (Å²) >= 11 is 0. The molecule has 0 aromatic carbocycles. The van der Waals surface area contributed by atoms with Gasteiger partial charge in [0.05, 0.1) is 0 Å². The Morgan fingerprint density at radius 3 is 2.43 bits per heavy atom. The van der Waals surface area contributed by atoms with E-state index in [4.69, 9.17) is 4.99 Å². The monoisotopic (exact) mass is 292 g/mol. The van der Waals surface area contributed by atoms with Crippen molar-refractivity contribution in [3.63, 3.8) is 0 Å². The van der Waals surface area contributed by atoms with Crippen LogP contribution < -0.4 is 0 Å². The third-order valence-electron chi connectivity index (χ3n) is 5.19. The third kappa shape index (κ3) is 6.00. The molecule has 122 valence electrons. The molecule has 0 N–H and O–H groups in total. The molecule has 1 atom stereocenters. The highest BCUT2D eigenvalue weighted by atomic mass is 15.2. The number of nitrogens with zero attached hydrogens (tertiary/aromatic N) is 2. The summed E-state index contributed by atoms with van der Waals surface area (Å²) < 4.78 is 0. The minimum Gasteiger partial charge on any atom is -0.360 e. The molecule has 1 saturated heterocycles. The number of hydrogen-bond donors (Lipinski definition) is 0. The van der Waals surface area contributed by atoms with Gasteiger partial charge in [-0.1, -0.05) is 64.7 Å². The fourth-order valence-electron chi connectivity index (χ4n) is 3.90. The smallest absolute Gasteiger partial charge is 0.102 e. The van der Waals surface area contributed by atoms with Gasteiger partial charge in [0.2, 0.25) is 0 Å². The van der Waals surface area contributed by atoms with E-state index in [1.54, 1.807) is 0 Å². The van der Waals surface area contributed by atoms with Crippen LogP contribution in [-0.4, -0.2) is 30.4 Å². The van der Waals surface area contributed by atoms with Gasteiger partial charge in [-0.3, -0.25) is 4.99 Å². The topological polar surface area (TPSA) is 15.6 Å². The summed E-state index contributed by atoms with van der Waals surface area (Å²) in [6, 6.07) is 0. The van der Waals surface area contributed by atoms with E-state index in [1.165, 1.54) is 102 Å². The number of fused-ring (bicyclic) bond motifs is 1. The van der Waals surface area contributed by atoms with Gasteiger partial charge in [-0.2, -0.15) is 0 Å². The van der Waals surface area contributed by atoms with Crippen molar-refractivity contribution in [1.29, 1.82) is 0 Å². The van der Waals surface area contributed by atoms with E-state index in [0.717, 1.165) is 12.5 Å². The SMILES string of the molecule is CCCCCCCCCCC1CCCCN2CCCN=C12. The highest BCUT2D eigenvalue weighted by Crippen LogP contribution is 2.26. The minimum absolute atomic E-state index is 0.785. The van der Waals surface area contributed by atoms with Crippen molar-refractivity contribution in [3.8, 4) is 0 Å². The van der Waals surface area contributed by atoms with Crippen molar-refractivity contribution < 1.29 is 0 Å². The molecule has 21 heavy (non-hydrogen) atoms. The van der Waals surface area contributed by atoms with E-state index in [9.17, 15) is 0 Å². The Morgan fingerprint density at radius 1 is 0.905 bits per heavy atom. The highest BCUT2D eigenvalue weighted by molar-refractivity contribution is 5.85. The van der Waals surface area contributed by atoms with Crippen LogP contribution in [0.15, 0.2) is 4.99 Å². The molecule has 2 nitrogen and oxygen atoms in total. The van der Waals surface area contributed by atoms with Crippen LogP contribution in [0.5, 0.6) is 0 Å². The van der Waals surface area contributed by atoms with E-state index in [2.05, 4.69) is 11.8 Å². The molecule has 1 fully saturated rings. The Morgan fingerprint density at radius 2 is 1.62 bits per heavy atom. The fraction of sp³-hybridized carbons (Fsp3) is 0.947. The Hall–Kier alpha value is -0.530. The van der Waals surface area contributed by atoms with E-state index < -0.39 is 0 Å². The zero-order valence-corrected chi connectivity index (χ0v) is 14.3. The molecule has 2 aliphatic rings. The molecule has 0 radical (unpaired) electrons. The Balaban J connectivity index is 1.61. The van der Waals surface area contributed by atoms with Gasteiger partial charge in [-0.05, 0) is 25.7 Å². The van der Waals surface area contributed by atoms with E-state index in [0.29, 0.717) is 0 Å². The quantitative estimate of drug-likeness (QED) is 0.518. The first-order valence-corrected chi connectivity index (χ1v) is 9.71. The van der Waals surface area contributed by atoms with Crippen LogP contribution >= 0.6 is 0 Å². The Bertz CT molecular complexity index is 298. The molecule has 0 bridgehead atoms. The Kier molecular flexibility index (Phi) is 8.21. The second kappa shape index (κ2) is 10.2. The summed E-state index contributed by atoms with van der Waals surface area (Å²) in [6.07, 6.45) is 18.3. The van der Waals surface area contributed by atoms with Crippen LogP contribution in [0.2, 0.25) is 0 Å². The van der Waals surface area contributed by atoms with Gasteiger partial charge in [0, 0.05) is 25.6 Å². The summed E-state index contributed by atoms with van der Waals surface area (Å²) in [5.41, 5.74) is 0. The number of rotatable bonds is 9. The van der Waals surface area contributed by atoms with Crippen LogP contribution in [0.1, 0.15) is 90.4 Å². The number of amidine groups is 1. The van der Waals surface area contributed by atoms with Crippen molar-refractivity contribution in [2.24, 2.45) is 10.9 Å². The molecule has 0 aromatic heterocycles. The van der Waals surface area contributed by atoms with Crippen molar-refractivity contribution in [1.82, 2.24) is 4.90 Å². The van der Waals surface area contributed by atoms with Gasteiger partial charge in [0.25, 0.3) is 0 Å². The predicted octanol–water partition coefficient (Wildman–Crippen LogP) is 5.42. The van der Waals surface area contributed by atoms with Crippen molar-refractivity contribution in [3.05, 3.63) is 0 Å². The maximum absolute atomic E-state index is 4.88. The van der Waals surface area contributed by atoms with Gasteiger partial charge < -0.3 is 4.90 Å². The summed E-state index contributed by atoms with van der Waals surface area (Å²) in [6.45, 7) is 5.92. The zero-order valence-electron chi connectivity index (χ0n) is 14.3. The maximum Gasteiger partial charge on any atom is 0.102 e. The molecule has 2 aliphatic heterocycles. The van der Waals surface area contributed by atoms with E-state index in [1.807, 2.05) is 0 Å². The third-order valence-corrected chi connectivity index (χ3v) is 5.19. The predicted molar refractivity (Wildman–Crippen MR) is 93.1 cm³/mol. The zero-order chi connectivity index (χ0) is 14.8. The van der Waals surface area contributed by atoms with Crippen molar-refractivity contribution >= 4 is 5.84 Å². The van der Waals surface area contributed by atoms with Crippen LogP contribution in [0.25, 0.3) is 0 Å². The molecule has 2 heterocycles. The van der Waals surface area contributed by atoms with Crippen LogP contribution in [0.3, 0.4) is 0 Å². The van der Waals surface area contributed by atoms with Crippen LogP contribution in [0.4, 0.5) is 0 Å². The molecule has 0 spiro atoms. The van der Waals surface area contributed by atoms with Crippen molar-refractivity contribution in [2.45, 2.75) is 90.4 Å². The highest BCUT2D eigenvalue weighted by Gasteiger charge is 2.25. The first kappa shape index (κ1) is 16.8. The standard InChI is InChI=1S/C19H36N2/c1-2-3-4-5-6-7-8-9-13-18-14-10-11-16-21-17-12-15-20-19(18)21/h18H,2-17H2,1H3. The van der Waals surface area contributed by atoms with E-state index >= 15 is 0 Å². The lowest BCUT2D eigenvalue weighted by Crippen LogP contribution is -2.39. The Labute approximate surface area is 132 Å². The fourth-order valence-corrected chi connectivity index (χ4v) is 3.90. The largest absolute Gasteiger partial charge is 0.360 e. The van der Waals surface area contributed by atoms with E-state index in [-0.39, 0.29) is 0 Å². The molecule has 1 unspecified atom stereocenters. The number of hydrogen-bond acceptors (Lipinski definition) is 2. The van der Waals surface area contributed by atoms with Crippen LogP contribution in [-0.2, 0) is 0 Å². The van der Waals surface area contributed by atoms with Gasteiger partial charge in [0.1, 0.15) is 5.84 Å². The normalized spacial score (nSPS) is 22.6. The lowest BCUT2D eigenvalue weighted by molar-refractivity contribution is 0.378. The molecule has 0 aliphatic carbocycles. The molecular formula is C19H36N2. The molecule has 2 heteroatoms. The second-order valence-electron chi connectivity index (χ2n) is 7.04. The molecule has 0 amide bonds. The molecule has 2 rings (SSSR count). The van der Waals surface area contributed by atoms with Crippen molar-refractivity contribution in [2.75, 3.05) is 19.6 Å². The first-order valence-electron chi connectivity index (χ1n) is 9.71. The summed E-state index contributed by atoms with van der Waals surface area (Å²) in [5.74, 6) is 2.27. The first-order chi connectivity index (χ1) is 10.4. The van der Waals surface area contributed by atoms with Crippen LogP contribution in [0, 0.1) is 5.92 Å². The van der Waals surface area contributed by atoms with Gasteiger partial charge in [-0.15, -0.1) is 0 Å². The number of unbranched alkanes of at least 4 members (excludes halogenated alkanes) is 7. The maximum atomic E-state index is 4.88. The number of aliphatic imine (C=N–C) groups is 1. The second-order valence-corrected chi connectivity index (χ2v) is 7.04. The van der Waals surface area contributed by atoms with Gasteiger partial charge in [0.15, 0.2) is 0 Å². The summed E-state index contributed by atoms with van der Waals surface area (Å²) in [5, 5.41) is 0. The minimum atomic E-state index is 0.785. The lowest BCUT2D eigenvalue weighted by atomic mass is 9.94. The molecule has 0 aromatic rings. The summed E-state index contributed by atoms with van der Waals surface area (Å²) in [4.78, 5) is 7.49. The average Bonchev–Trinajstić information content (AvgIpc) is 2.72. The molecular weight excluding hydrogens is 256 g/mol. The van der Waals surface area contributed by atoms with Gasteiger partial charge >= 0.3 is 0 Å².